The highest BCUT2D eigenvalue weighted by molar-refractivity contribution is 7.99. The van der Waals surface area contributed by atoms with E-state index in [0.717, 1.165) is 11.3 Å². The van der Waals surface area contributed by atoms with E-state index >= 15 is 0 Å². The van der Waals surface area contributed by atoms with Gasteiger partial charge in [-0.2, -0.15) is 0 Å². The molecule has 1 unspecified atom stereocenters. The smallest absolute Gasteiger partial charge is 0.247 e. The van der Waals surface area contributed by atoms with Gasteiger partial charge in [0, 0.05) is 16.8 Å². The van der Waals surface area contributed by atoms with Crippen molar-refractivity contribution in [1.29, 1.82) is 0 Å². The zero-order valence-electron chi connectivity index (χ0n) is 18.7. The van der Waals surface area contributed by atoms with Crippen LogP contribution in [0.4, 0.5) is 8.78 Å². The Hall–Kier alpha value is -4.05. The van der Waals surface area contributed by atoms with Gasteiger partial charge in [-0.15, -0.1) is 20.4 Å². The molecule has 0 fully saturated rings. The van der Waals surface area contributed by atoms with Crippen molar-refractivity contribution in [2.75, 3.05) is 7.11 Å². The second-order valence-corrected chi connectivity index (χ2v) is 8.87. The summed E-state index contributed by atoms with van der Waals surface area (Å²) in [6, 6.07) is 19.3. The first kappa shape index (κ1) is 22.7. The maximum atomic E-state index is 13.6. The fraction of sp³-hybridized carbons (Fsp3) is 0.120. The van der Waals surface area contributed by atoms with Crippen molar-refractivity contribution in [2.45, 2.75) is 17.3 Å². The van der Waals surface area contributed by atoms with Crippen LogP contribution < -0.4 is 4.74 Å². The third-order valence-electron chi connectivity index (χ3n) is 5.23. The molecule has 0 amide bonds. The van der Waals surface area contributed by atoms with Crippen LogP contribution in [0, 0.1) is 11.6 Å². The van der Waals surface area contributed by atoms with Gasteiger partial charge in [0.05, 0.1) is 12.4 Å². The molecule has 2 heterocycles. The molecule has 0 N–H and O–H groups in total. The van der Waals surface area contributed by atoms with Gasteiger partial charge in [-0.1, -0.05) is 11.8 Å². The van der Waals surface area contributed by atoms with E-state index in [-0.39, 0.29) is 16.9 Å². The molecule has 10 heteroatoms. The lowest BCUT2D eigenvalue weighted by Gasteiger charge is -2.12. The minimum atomic E-state index is -0.357. The van der Waals surface area contributed by atoms with E-state index < -0.39 is 0 Å². The van der Waals surface area contributed by atoms with Crippen LogP contribution >= 0.6 is 11.8 Å². The molecule has 2 aromatic heterocycles. The number of thioether (sulfide) groups is 1. The predicted molar refractivity (Wildman–Crippen MR) is 127 cm³/mol. The summed E-state index contributed by atoms with van der Waals surface area (Å²) in [5.41, 5.74) is 2.10. The molecule has 0 aliphatic carbocycles. The number of hydrogen-bond acceptors (Lipinski definition) is 7. The minimum Gasteiger partial charge on any atom is -0.497 e. The van der Waals surface area contributed by atoms with Gasteiger partial charge in [0.1, 0.15) is 17.4 Å². The summed E-state index contributed by atoms with van der Waals surface area (Å²) in [5, 5.41) is 17.3. The van der Waals surface area contributed by atoms with Gasteiger partial charge < -0.3 is 9.15 Å². The summed E-state index contributed by atoms with van der Waals surface area (Å²) in [6.45, 7) is 1.91. The van der Waals surface area contributed by atoms with Crippen molar-refractivity contribution in [3.05, 3.63) is 90.3 Å². The zero-order chi connectivity index (χ0) is 24.4. The molecule has 5 aromatic rings. The highest BCUT2D eigenvalue weighted by atomic mass is 32.2. The summed E-state index contributed by atoms with van der Waals surface area (Å²) in [5.74, 6) is 1.32. The number of ether oxygens (including phenoxy) is 1. The van der Waals surface area contributed by atoms with Gasteiger partial charge in [-0.3, -0.25) is 4.57 Å². The van der Waals surface area contributed by atoms with Crippen LogP contribution in [-0.4, -0.2) is 32.1 Å². The standard InChI is InChI=1S/C25H19F2N5O2S/c1-15(23-29-30-24(34-23)17-5-13-21(33-2)14-6-17)35-25-31-28-22(16-3-7-18(26)8-4-16)32(25)20-11-9-19(27)10-12-20/h3-15H,1-2H3. The molecule has 0 bridgehead atoms. The van der Waals surface area contributed by atoms with Gasteiger partial charge in [-0.25, -0.2) is 8.78 Å². The molecule has 0 aliphatic heterocycles. The van der Waals surface area contributed by atoms with Gasteiger partial charge in [0.25, 0.3) is 0 Å². The van der Waals surface area contributed by atoms with Crippen LogP contribution in [0.2, 0.25) is 0 Å². The Balaban J connectivity index is 1.46. The van der Waals surface area contributed by atoms with E-state index in [1.54, 1.807) is 35.9 Å². The van der Waals surface area contributed by atoms with E-state index in [0.29, 0.717) is 34.0 Å². The Morgan fingerprint density at radius 2 is 1.43 bits per heavy atom. The largest absolute Gasteiger partial charge is 0.497 e. The highest BCUT2D eigenvalue weighted by Crippen LogP contribution is 2.37. The van der Waals surface area contributed by atoms with Crippen molar-refractivity contribution >= 4 is 11.8 Å². The second kappa shape index (κ2) is 9.67. The first-order valence-corrected chi connectivity index (χ1v) is 11.5. The van der Waals surface area contributed by atoms with Gasteiger partial charge in [0.2, 0.25) is 11.8 Å². The highest BCUT2D eigenvalue weighted by Gasteiger charge is 2.22. The molecule has 0 saturated carbocycles. The molecule has 0 saturated heterocycles. The third kappa shape index (κ3) is 4.78. The van der Waals surface area contributed by atoms with Crippen LogP contribution in [0.25, 0.3) is 28.5 Å². The van der Waals surface area contributed by atoms with E-state index in [1.807, 2.05) is 31.2 Å². The molecule has 7 nitrogen and oxygen atoms in total. The Kier molecular flexibility index (Phi) is 6.28. The van der Waals surface area contributed by atoms with Crippen LogP contribution in [0.15, 0.2) is 82.4 Å². The van der Waals surface area contributed by atoms with E-state index in [9.17, 15) is 8.78 Å². The molecule has 176 valence electrons. The lowest BCUT2D eigenvalue weighted by atomic mass is 10.2. The number of halogens is 2. The number of rotatable bonds is 7. The van der Waals surface area contributed by atoms with Crippen LogP contribution in [0.3, 0.4) is 0 Å². The number of hydrogen-bond donors (Lipinski definition) is 0. The third-order valence-corrected chi connectivity index (χ3v) is 6.26. The molecule has 35 heavy (non-hydrogen) atoms. The molecule has 3 aromatic carbocycles. The average molecular weight is 492 g/mol. The maximum absolute atomic E-state index is 13.6. The topological polar surface area (TPSA) is 78.9 Å². The Morgan fingerprint density at radius 1 is 0.800 bits per heavy atom. The SMILES string of the molecule is COc1ccc(-c2nnc(C(C)Sc3nnc(-c4ccc(F)cc4)n3-c3ccc(F)cc3)o2)cc1. The molecule has 1 atom stereocenters. The Morgan fingerprint density at radius 3 is 2.09 bits per heavy atom. The van der Waals surface area contributed by atoms with E-state index in [1.165, 1.54) is 36.0 Å². The van der Waals surface area contributed by atoms with Gasteiger partial charge in [-0.05, 0) is 79.7 Å². The first-order valence-electron chi connectivity index (χ1n) is 10.6. The molecule has 0 spiro atoms. The molecule has 5 rings (SSSR count). The minimum absolute atomic E-state index is 0.265. The lowest BCUT2D eigenvalue weighted by molar-refractivity contribution is 0.415. The lowest BCUT2D eigenvalue weighted by Crippen LogP contribution is -2.01. The number of benzene rings is 3. The Labute approximate surface area is 203 Å². The van der Waals surface area contributed by atoms with Crippen molar-refractivity contribution in [3.63, 3.8) is 0 Å². The number of nitrogens with zero attached hydrogens (tertiary/aromatic N) is 5. The summed E-state index contributed by atoms with van der Waals surface area (Å²) in [4.78, 5) is 0. The summed E-state index contributed by atoms with van der Waals surface area (Å²) in [6.07, 6.45) is 0. The first-order chi connectivity index (χ1) is 17.0. The Bertz CT molecular complexity index is 1430. The average Bonchev–Trinajstić information content (AvgIpc) is 3.53. The zero-order valence-corrected chi connectivity index (χ0v) is 19.5. The van der Waals surface area contributed by atoms with E-state index in [2.05, 4.69) is 20.4 Å². The van der Waals surface area contributed by atoms with Crippen LogP contribution in [0.5, 0.6) is 5.75 Å². The fourth-order valence-electron chi connectivity index (χ4n) is 3.41. The fourth-order valence-corrected chi connectivity index (χ4v) is 4.31. The molecular weight excluding hydrogens is 472 g/mol. The molecular formula is C25H19F2N5O2S. The molecule has 0 aliphatic rings. The quantitative estimate of drug-likeness (QED) is 0.254. The van der Waals surface area contributed by atoms with Crippen molar-refractivity contribution in [3.8, 4) is 34.3 Å². The van der Waals surface area contributed by atoms with E-state index in [4.69, 9.17) is 9.15 Å². The normalized spacial score (nSPS) is 12.0. The summed E-state index contributed by atoms with van der Waals surface area (Å²) in [7, 11) is 1.60. The summed E-state index contributed by atoms with van der Waals surface area (Å²) < 4.78 is 40.0. The maximum Gasteiger partial charge on any atom is 0.247 e. The summed E-state index contributed by atoms with van der Waals surface area (Å²) >= 11 is 1.36. The second-order valence-electron chi connectivity index (χ2n) is 7.56. The van der Waals surface area contributed by atoms with Gasteiger partial charge in [0.15, 0.2) is 11.0 Å². The number of methoxy groups -OCH3 is 1. The van der Waals surface area contributed by atoms with Crippen molar-refractivity contribution in [1.82, 2.24) is 25.0 Å². The van der Waals surface area contributed by atoms with Crippen LogP contribution in [0.1, 0.15) is 18.1 Å². The van der Waals surface area contributed by atoms with Crippen molar-refractivity contribution < 1.29 is 17.9 Å². The monoisotopic (exact) mass is 491 g/mol. The van der Waals surface area contributed by atoms with Crippen LogP contribution in [-0.2, 0) is 0 Å². The predicted octanol–water partition coefficient (Wildman–Crippen LogP) is 6.12. The van der Waals surface area contributed by atoms with Gasteiger partial charge >= 0.3 is 0 Å². The van der Waals surface area contributed by atoms with Crippen molar-refractivity contribution in [2.24, 2.45) is 0 Å². The molecule has 0 radical (unpaired) electrons. The number of aromatic nitrogens is 5.